The van der Waals surface area contributed by atoms with Gasteiger partial charge in [0.25, 0.3) is 0 Å². The van der Waals surface area contributed by atoms with Gasteiger partial charge in [0.05, 0.1) is 0 Å². The molecular formula is C50H100N2. The lowest BCUT2D eigenvalue weighted by molar-refractivity contribution is 0.135. The molecule has 0 N–H and O–H groups in total. The van der Waals surface area contributed by atoms with Crippen LogP contribution in [0.15, 0.2) is 12.4 Å². The molecule has 1 aliphatic rings. The van der Waals surface area contributed by atoms with E-state index in [1.807, 2.05) is 0 Å². The van der Waals surface area contributed by atoms with Crippen LogP contribution in [0.4, 0.5) is 0 Å². The van der Waals surface area contributed by atoms with Crippen molar-refractivity contribution in [2.45, 2.75) is 297 Å². The third-order valence-electron chi connectivity index (χ3n) is 12.3. The van der Waals surface area contributed by atoms with Gasteiger partial charge in [-0.1, -0.05) is 265 Å². The molecule has 0 saturated carbocycles. The van der Waals surface area contributed by atoms with Gasteiger partial charge >= 0.3 is 0 Å². The Morgan fingerprint density at radius 3 is 0.673 bits per heavy atom. The molecule has 0 fully saturated rings. The van der Waals surface area contributed by atoms with E-state index in [9.17, 15) is 0 Å². The van der Waals surface area contributed by atoms with Crippen molar-refractivity contribution in [2.24, 2.45) is 0 Å². The van der Waals surface area contributed by atoms with Crippen LogP contribution in [-0.4, -0.2) is 29.1 Å². The van der Waals surface area contributed by atoms with Gasteiger partial charge in [-0.3, -0.25) is 0 Å². The number of nitrogens with zero attached hydrogens (tertiary/aromatic N) is 2. The van der Waals surface area contributed by atoms with Crippen LogP contribution in [0.1, 0.15) is 290 Å². The Labute approximate surface area is 330 Å². The Morgan fingerprint density at radius 1 is 0.250 bits per heavy atom. The van der Waals surface area contributed by atoms with Gasteiger partial charge in [0.15, 0.2) is 0 Å². The Kier molecular flexibility index (Phi) is 39.4. The minimum absolute atomic E-state index is 0.636. The molecule has 0 spiro atoms. The van der Waals surface area contributed by atoms with Gasteiger partial charge in [0.1, 0.15) is 6.17 Å². The molecule has 0 bridgehead atoms. The molecule has 1 aliphatic heterocycles. The molecule has 1 rings (SSSR count). The molecule has 2 nitrogen and oxygen atoms in total. The lowest BCUT2D eigenvalue weighted by Crippen LogP contribution is -2.39. The molecule has 0 radical (unpaired) electrons. The summed E-state index contributed by atoms with van der Waals surface area (Å²) in [7, 11) is 0. The summed E-state index contributed by atoms with van der Waals surface area (Å²) >= 11 is 0. The fourth-order valence-electron chi connectivity index (χ4n) is 8.66. The predicted octanol–water partition coefficient (Wildman–Crippen LogP) is 17.8. The summed E-state index contributed by atoms with van der Waals surface area (Å²) in [5.41, 5.74) is 0. The lowest BCUT2D eigenvalue weighted by Gasteiger charge is -2.33. The predicted molar refractivity (Wildman–Crippen MR) is 237 cm³/mol. The molecular weight excluding hydrogens is 629 g/mol. The maximum absolute atomic E-state index is 2.74. The molecule has 2 heteroatoms. The zero-order chi connectivity index (χ0) is 37.3. The molecule has 310 valence electrons. The molecule has 52 heavy (non-hydrogen) atoms. The Morgan fingerprint density at radius 2 is 0.442 bits per heavy atom. The number of hydrogen-bond donors (Lipinski definition) is 0. The summed E-state index contributed by atoms with van der Waals surface area (Å²) in [5, 5.41) is 0. The van der Waals surface area contributed by atoms with E-state index in [-0.39, 0.29) is 0 Å². The Hall–Kier alpha value is -0.660. The monoisotopic (exact) mass is 729 g/mol. The van der Waals surface area contributed by atoms with Gasteiger partial charge in [-0.15, -0.1) is 0 Å². The summed E-state index contributed by atoms with van der Waals surface area (Å²) < 4.78 is 0. The summed E-state index contributed by atoms with van der Waals surface area (Å²) in [4.78, 5) is 5.48. The molecule has 0 aliphatic carbocycles. The fraction of sp³-hybridized carbons (Fsp3) is 0.960. The first-order valence-corrected chi connectivity index (χ1v) is 25.0. The topological polar surface area (TPSA) is 6.48 Å². The second-order valence-corrected chi connectivity index (χ2v) is 17.5. The largest absolute Gasteiger partial charge is 0.356 e. The van der Waals surface area contributed by atoms with Crippen molar-refractivity contribution in [1.29, 1.82) is 0 Å². The average molecular weight is 729 g/mol. The van der Waals surface area contributed by atoms with E-state index >= 15 is 0 Å². The van der Waals surface area contributed by atoms with Crippen LogP contribution in [0.25, 0.3) is 0 Å². The van der Waals surface area contributed by atoms with Gasteiger partial charge in [0, 0.05) is 25.5 Å². The van der Waals surface area contributed by atoms with E-state index in [4.69, 9.17) is 0 Å². The highest BCUT2D eigenvalue weighted by atomic mass is 15.4. The molecule has 0 amide bonds. The highest BCUT2D eigenvalue weighted by molar-refractivity contribution is 4.97. The SMILES string of the molecule is CCCCCCCCCCCCCCCCCCN1C=CN(CCCCCCCCCCCCCCCC)C1CCCCCCCCCCCCC. The Bertz CT molecular complexity index is 688. The zero-order valence-corrected chi connectivity index (χ0v) is 36.7. The second-order valence-electron chi connectivity index (χ2n) is 17.5. The number of unbranched alkanes of at least 4 members (excludes halogenated alkanes) is 38. The third-order valence-corrected chi connectivity index (χ3v) is 12.3. The van der Waals surface area contributed by atoms with Crippen molar-refractivity contribution in [3.8, 4) is 0 Å². The first-order valence-electron chi connectivity index (χ1n) is 25.0. The van der Waals surface area contributed by atoms with Crippen LogP contribution in [0.3, 0.4) is 0 Å². The molecule has 1 heterocycles. The fourth-order valence-corrected chi connectivity index (χ4v) is 8.66. The first kappa shape index (κ1) is 49.4. The number of rotatable bonds is 44. The highest BCUT2D eigenvalue weighted by Crippen LogP contribution is 2.24. The minimum Gasteiger partial charge on any atom is -0.356 e. The third kappa shape index (κ3) is 32.7. The molecule has 1 atom stereocenters. The van der Waals surface area contributed by atoms with E-state index in [0.717, 1.165) is 0 Å². The van der Waals surface area contributed by atoms with Crippen molar-refractivity contribution in [3.05, 3.63) is 12.4 Å². The van der Waals surface area contributed by atoms with E-state index in [1.165, 1.54) is 283 Å². The van der Waals surface area contributed by atoms with Crippen molar-refractivity contribution >= 4 is 0 Å². The Balaban J connectivity index is 2.18. The van der Waals surface area contributed by atoms with Crippen molar-refractivity contribution in [2.75, 3.05) is 13.1 Å². The molecule has 0 aromatic carbocycles. The van der Waals surface area contributed by atoms with Gasteiger partial charge in [0.2, 0.25) is 0 Å². The van der Waals surface area contributed by atoms with E-state index in [2.05, 4.69) is 43.0 Å². The standard InChI is InChI=1S/C50H100N2/c1-4-7-10-13-16-19-22-24-26-27-29-32-35-38-41-44-47-52-49-48-51(50(52)45-42-39-36-33-30-21-18-15-12-9-6-3)46-43-40-37-34-31-28-25-23-20-17-14-11-8-5-2/h48-50H,4-47H2,1-3H3. The van der Waals surface area contributed by atoms with Crippen molar-refractivity contribution in [3.63, 3.8) is 0 Å². The minimum atomic E-state index is 0.636. The molecule has 0 aromatic rings. The van der Waals surface area contributed by atoms with Crippen LogP contribution < -0.4 is 0 Å². The maximum Gasteiger partial charge on any atom is 0.101 e. The second kappa shape index (κ2) is 41.5. The normalized spacial score (nSPS) is 14.4. The van der Waals surface area contributed by atoms with Gasteiger partial charge in [-0.05, 0) is 25.7 Å². The molecule has 0 saturated heterocycles. The zero-order valence-electron chi connectivity index (χ0n) is 36.7. The van der Waals surface area contributed by atoms with E-state index in [1.54, 1.807) is 0 Å². The highest BCUT2D eigenvalue weighted by Gasteiger charge is 2.24. The summed E-state index contributed by atoms with van der Waals surface area (Å²) in [6.07, 6.45) is 66.4. The van der Waals surface area contributed by atoms with Gasteiger partial charge < -0.3 is 9.80 Å². The van der Waals surface area contributed by atoms with Gasteiger partial charge in [-0.25, -0.2) is 0 Å². The van der Waals surface area contributed by atoms with E-state index in [0.29, 0.717) is 6.17 Å². The van der Waals surface area contributed by atoms with E-state index < -0.39 is 0 Å². The summed E-state index contributed by atoms with van der Waals surface area (Å²) in [6.45, 7) is 9.50. The van der Waals surface area contributed by atoms with Crippen LogP contribution in [0.5, 0.6) is 0 Å². The van der Waals surface area contributed by atoms with Crippen LogP contribution in [0, 0.1) is 0 Å². The molecule has 1 unspecified atom stereocenters. The smallest absolute Gasteiger partial charge is 0.101 e. The first-order chi connectivity index (χ1) is 25.8. The lowest BCUT2D eigenvalue weighted by atomic mass is 10.0. The summed E-state index contributed by atoms with van der Waals surface area (Å²) in [6, 6.07) is 0. The molecule has 0 aromatic heterocycles. The van der Waals surface area contributed by atoms with Crippen LogP contribution in [-0.2, 0) is 0 Å². The van der Waals surface area contributed by atoms with Crippen molar-refractivity contribution < 1.29 is 0 Å². The van der Waals surface area contributed by atoms with Crippen LogP contribution >= 0.6 is 0 Å². The summed E-state index contributed by atoms with van der Waals surface area (Å²) in [5.74, 6) is 0. The average Bonchev–Trinajstić information content (AvgIpc) is 3.54. The van der Waals surface area contributed by atoms with Crippen molar-refractivity contribution in [1.82, 2.24) is 9.80 Å². The van der Waals surface area contributed by atoms with Gasteiger partial charge in [-0.2, -0.15) is 0 Å². The number of hydrogen-bond acceptors (Lipinski definition) is 2. The quantitative estimate of drug-likeness (QED) is 0.0576. The van der Waals surface area contributed by atoms with Crippen LogP contribution in [0.2, 0.25) is 0 Å². The maximum atomic E-state index is 2.74.